The molecule has 14 nitrogen and oxygen atoms in total. The molecule has 2 heterocycles. The summed E-state index contributed by atoms with van der Waals surface area (Å²) in [6.45, 7) is -0.752. The first-order valence-corrected chi connectivity index (χ1v) is 12.1. The van der Waals surface area contributed by atoms with E-state index in [0.29, 0.717) is 6.42 Å². The second-order valence-corrected chi connectivity index (χ2v) is 9.11. The largest absolute Gasteiger partial charge is 0.508 e. The molecule has 39 heavy (non-hydrogen) atoms. The third-order valence-corrected chi connectivity index (χ3v) is 6.52. The molecule has 8 unspecified atom stereocenters. The maximum Gasteiger partial charge on any atom is 0.337 e. The normalized spacial score (nSPS) is 30.5. The van der Waals surface area contributed by atoms with Crippen molar-refractivity contribution in [1.82, 2.24) is 0 Å². The molecule has 0 amide bonds. The van der Waals surface area contributed by atoms with E-state index >= 15 is 0 Å². The first kappa shape index (κ1) is 30.3. The number of aliphatic hydroxyl groups excluding tert-OH is 4. The standard InChI is InChI=1S/C25H32O14/c1-35-23(34)16-11-37-24(39-25-22(33)21(32)20(31)17(10-26)38-25)15(8-18(28)29)14(16)9-19(30)36-7-6-12-2-4-13(27)5-3-12/h2-5,11,14-15,17,20-22,24-27,31-33H,6-10H2,1H3,(H,28,29). The number of esters is 2. The molecule has 3 rings (SSSR count). The number of benzene rings is 1. The lowest BCUT2D eigenvalue weighted by atomic mass is 9.79. The van der Waals surface area contributed by atoms with Gasteiger partial charge in [-0.25, -0.2) is 4.79 Å². The Labute approximate surface area is 222 Å². The fourth-order valence-electron chi connectivity index (χ4n) is 4.40. The van der Waals surface area contributed by atoms with E-state index in [1.54, 1.807) is 12.1 Å². The molecule has 6 N–H and O–H groups in total. The van der Waals surface area contributed by atoms with Crippen LogP contribution in [0.25, 0.3) is 0 Å². The fraction of sp³-hybridized carbons (Fsp3) is 0.560. The molecule has 0 aliphatic carbocycles. The zero-order valence-corrected chi connectivity index (χ0v) is 21.0. The number of carboxylic acid groups (broad SMARTS) is 1. The summed E-state index contributed by atoms with van der Waals surface area (Å²) < 4.78 is 26.4. The van der Waals surface area contributed by atoms with Crippen LogP contribution in [0, 0.1) is 11.8 Å². The third kappa shape index (κ3) is 7.65. The number of phenolic OH excluding ortho intramolecular Hbond substituents is 1. The van der Waals surface area contributed by atoms with Gasteiger partial charge in [-0.15, -0.1) is 0 Å². The predicted molar refractivity (Wildman–Crippen MR) is 126 cm³/mol. The van der Waals surface area contributed by atoms with E-state index in [2.05, 4.69) is 0 Å². The number of carbonyl (C=O) groups excluding carboxylic acids is 2. The van der Waals surface area contributed by atoms with E-state index in [1.165, 1.54) is 12.1 Å². The summed E-state index contributed by atoms with van der Waals surface area (Å²) in [6.07, 6.45) is -9.48. The molecule has 0 spiro atoms. The van der Waals surface area contributed by atoms with Crippen molar-refractivity contribution in [2.45, 2.75) is 56.3 Å². The SMILES string of the molecule is COC(=O)C1=COC(OC2OC(CO)C(O)C(O)C2O)C(CC(=O)O)C1CC(=O)OCCc1ccc(O)cc1. The summed E-state index contributed by atoms with van der Waals surface area (Å²) in [7, 11) is 1.10. The zero-order chi connectivity index (χ0) is 28.7. The zero-order valence-electron chi connectivity index (χ0n) is 21.0. The van der Waals surface area contributed by atoms with Crippen molar-refractivity contribution in [2.75, 3.05) is 20.3 Å². The van der Waals surface area contributed by atoms with E-state index in [9.17, 15) is 45.0 Å². The van der Waals surface area contributed by atoms with Crippen LogP contribution in [0.5, 0.6) is 5.75 Å². The van der Waals surface area contributed by atoms with Crippen molar-refractivity contribution in [3.63, 3.8) is 0 Å². The lowest BCUT2D eigenvalue weighted by Gasteiger charge is -2.43. The van der Waals surface area contributed by atoms with Gasteiger partial charge in [-0.2, -0.15) is 0 Å². The second-order valence-electron chi connectivity index (χ2n) is 9.11. The summed E-state index contributed by atoms with van der Waals surface area (Å²) in [4.78, 5) is 36.9. The Morgan fingerprint density at radius 1 is 0.974 bits per heavy atom. The van der Waals surface area contributed by atoms with Gasteiger partial charge in [-0.3, -0.25) is 9.59 Å². The highest BCUT2D eigenvalue weighted by molar-refractivity contribution is 5.90. The third-order valence-electron chi connectivity index (χ3n) is 6.52. The highest BCUT2D eigenvalue weighted by Crippen LogP contribution is 2.38. The van der Waals surface area contributed by atoms with Crippen LogP contribution in [-0.2, 0) is 44.5 Å². The van der Waals surface area contributed by atoms with E-state index in [0.717, 1.165) is 18.9 Å². The van der Waals surface area contributed by atoms with Gasteiger partial charge in [-0.05, 0) is 17.7 Å². The van der Waals surface area contributed by atoms with Crippen LogP contribution in [0.2, 0.25) is 0 Å². The number of phenols is 1. The quantitative estimate of drug-likeness (QED) is 0.177. The number of hydrogen-bond acceptors (Lipinski definition) is 13. The van der Waals surface area contributed by atoms with Crippen molar-refractivity contribution in [1.29, 1.82) is 0 Å². The average Bonchev–Trinajstić information content (AvgIpc) is 2.91. The summed E-state index contributed by atoms with van der Waals surface area (Å²) in [5.41, 5.74) is 0.645. The number of aliphatic carboxylic acids is 1. The van der Waals surface area contributed by atoms with Crippen LogP contribution in [-0.4, -0.2) is 106 Å². The monoisotopic (exact) mass is 556 g/mol. The van der Waals surface area contributed by atoms with Crippen molar-refractivity contribution in [3.8, 4) is 5.75 Å². The van der Waals surface area contributed by atoms with Gasteiger partial charge in [0, 0.05) is 18.3 Å². The van der Waals surface area contributed by atoms with Crippen molar-refractivity contribution in [2.24, 2.45) is 11.8 Å². The Balaban J connectivity index is 1.77. The van der Waals surface area contributed by atoms with Gasteiger partial charge in [0.05, 0.1) is 45.0 Å². The van der Waals surface area contributed by atoms with E-state index in [-0.39, 0.29) is 17.9 Å². The summed E-state index contributed by atoms with van der Waals surface area (Å²) in [5.74, 6) is -5.17. The molecule has 0 radical (unpaired) electrons. The van der Waals surface area contributed by atoms with Gasteiger partial charge in [0.1, 0.15) is 30.2 Å². The molecule has 216 valence electrons. The lowest BCUT2D eigenvalue weighted by Crippen LogP contribution is -2.60. The smallest absolute Gasteiger partial charge is 0.337 e. The first-order valence-electron chi connectivity index (χ1n) is 12.1. The molecule has 0 aromatic heterocycles. The Hall–Kier alpha value is -3.27. The predicted octanol–water partition coefficient (Wildman–Crippen LogP) is -1.20. The number of rotatable bonds is 11. The van der Waals surface area contributed by atoms with Gasteiger partial charge in [-0.1, -0.05) is 12.1 Å². The fourth-order valence-corrected chi connectivity index (χ4v) is 4.40. The van der Waals surface area contributed by atoms with E-state index in [4.69, 9.17) is 23.7 Å². The number of aromatic hydroxyl groups is 1. The minimum Gasteiger partial charge on any atom is -0.508 e. The molecule has 0 bridgehead atoms. The molecule has 14 heteroatoms. The maximum absolute atomic E-state index is 12.7. The number of hydrogen-bond donors (Lipinski definition) is 6. The van der Waals surface area contributed by atoms with Gasteiger partial charge in [0.2, 0.25) is 6.29 Å². The van der Waals surface area contributed by atoms with Crippen LogP contribution >= 0.6 is 0 Å². The van der Waals surface area contributed by atoms with Crippen molar-refractivity contribution < 1.29 is 68.7 Å². The number of aliphatic hydroxyl groups is 4. The Bertz CT molecular complexity index is 1020. The maximum atomic E-state index is 12.7. The van der Waals surface area contributed by atoms with E-state index < -0.39 is 86.2 Å². The van der Waals surface area contributed by atoms with Gasteiger partial charge in [0.25, 0.3) is 0 Å². The van der Waals surface area contributed by atoms with Crippen LogP contribution < -0.4 is 0 Å². The molecular formula is C25H32O14. The lowest BCUT2D eigenvalue weighted by molar-refractivity contribution is -0.341. The first-order chi connectivity index (χ1) is 18.5. The summed E-state index contributed by atoms with van der Waals surface area (Å²) >= 11 is 0. The van der Waals surface area contributed by atoms with Crippen LogP contribution in [0.15, 0.2) is 36.1 Å². The molecule has 1 aromatic rings. The van der Waals surface area contributed by atoms with Crippen LogP contribution in [0.4, 0.5) is 0 Å². The van der Waals surface area contributed by atoms with Gasteiger partial charge >= 0.3 is 17.9 Å². The van der Waals surface area contributed by atoms with Crippen molar-refractivity contribution >= 4 is 17.9 Å². The summed E-state index contributed by atoms with van der Waals surface area (Å²) in [5, 5.41) is 58.7. The van der Waals surface area contributed by atoms with Gasteiger partial charge in [0.15, 0.2) is 6.29 Å². The number of ether oxygens (including phenoxy) is 5. The average molecular weight is 557 g/mol. The minimum absolute atomic E-state index is 0.0293. The number of methoxy groups -OCH3 is 1. The highest BCUT2D eigenvalue weighted by Gasteiger charge is 2.48. The molecule has 1 fully saturated rings. The van der Waals surface area contributed by atoms with Crippen molar-refractivity contribution in [3.05, 3.63) is 41.7 Å². The molecule has 2 aliphatic rings. The van der Waals surface area contributed by atoms with Gasteiger partial charge < -0.3 is 54.3 Å². The Kier molecular flexibility index (Phi) is 10.6. The van der Waals surface area contributed by atoms with E-state index in [1.807, 2.05) is 0 Å². The summed E-state index contributed by atoms with van der Waals surface area (Å²) in [6, 6.07) is 6.28. The second kappa shape index (κ2) is 13.7. The number of carboxylic acids is 1. The Morgan fingerprint density at radius 2 is 1.67 bits per heavy atom. The highest BCUT2D eigenvalue weighted by atomic mass is 16.8. The molecule has 0 saturated carbocycles. The van der Waals surface area contributed by atoms with Crippen LogP contribution in [0.3, 0.4) is 0 Å². The molecular weight excluding hydrogens is 524 g/mol. The molecule has 1 saturated heterocycles. The molecule has 8 atom stereocenters. The molecule has 1 aromatic carbocycles. The Morgan fingerprint density at radius 3 is 2.28 bits per heavy atom. The number of carbonyl (C=O) groups is 3. The molecule has 2 aliphatic heterocycles. The topological polar surface area (TPSA) is 219 Å². The van der Waals surface area contributed by atoms with Crippen LogP contribution in [0.1, 0.15) is 18.4 Å². The minimum atomic E-state index is -1.80.